The van der Waals surface area contributed by atoms with Crippen molar-refractivity contribution in [2.24, 2.45) is 0 Å². The van der Waals surface area contributed by atoms with E-state index in [0.29, 0.717) is 27.4 Å². The summed E-state index contributed by atoms with van der Waals surface area (Å²) in [4.78, 5) is 24.1. The van der Waals surface area contributed by atoms with E-state index >= 15 is 0 Å². The van der Waals surface area contributed by atoms with Crippen LogP contribution in [-0.4, -0.2) is 21.9 Å². The van der Waals surface area contributed by atoms with Crippen LogP contribution in [0.5, 0.6) is 0 Å². The van der Waals surface area contributed by atoms with E-state index < -0.39 is 0 Å². The van der Waals surface area contributed by atoms with Crippen LogP contribution in [0, 0.1) is 5.82 Å². The summed E-state index contributed by atoms with van der Waals surface area (Å²) >= 11 is 1.22. The first kappa shape index (κ1) is 15.1. The predicted molar refractivity (Wildman–Crippen MR) is 86.3 cm³/mol. The molecular formula is C16H12FN3O2S. The van der Waals surface area contributed by atoms with Crippen molar-refractivity contribution in [2.75, 3.05) is 5.32 Å². The molecule has 2 aromatic heterocycles. The summed E-state index contributed by atoms with van der Waals surface area (Å²) in [6, 6.07) is 7.55. The van der Waals surface area contributed by atoms with E-state index in [4.69, 9.17) is 0 Å². The van der Waals surface area contributed by atoms with Gasteiger partial charge in [0, 0.05) is 10.9 Å². The number of H-pyrrole nitrogens is 1. The number of Topliss-reactive ketones (excluding diaryl/α,β-unsaturated/α-hetero) is 1. The SMILES string of the molecule is CC(=O)c1cc(C(=O)Nc2[nH]ncc2-c2cccc(F)c2)cs1. The van der Waals surface area contributed by atoms with Crippen LogP contribution < -0.4 is 5.32 Å². The van der Waals surface area contributed by atoms with Crippen LogP contribution in [0.1, 0.15) is 27.0 Å². The third-order valence-corrected chi connectivity index (χ3v) is 4.25. The molecule has 23 heavy (non-hydrogen) atoms. The number of carbonyl (C=O) groups excluding carboxylic acids is 2. The maximum Gasteiger partial charge on any atom is 0.257 e. The van der Waals surface area contributed by atoms with Crippen LogP contribution in [0.4, 0.5) is 10.2 Å². The van der Waals surface area contributed by atoms with Gasteiger partial charge in [0.15, 0.2) is 5.78 Å². The predicted octanol–water partition coefficient (Wildman–Crippen LogP) is 3.73. The van der Waals surface area contributed by atoms with Gasteiger partial charge < -0.3 is 5.32 Å². The highest BCUT2D eigenvalue weighted by Crippen LogP contribution is 2.27. The molecule has 0 saturated heterocycles. The van der Waals surface area contributed by atoms with E-state index in [1.54, 1.807) is 23.6 Å². The summed E-state index contributed by atoms with van der Waals surface area (Å²) in [5.41, 5.74) is 1.57. The third kappa shape index (κ3) is 3.19. The Labute approximate surface area is 135 Å². The van der Waals surface area contributed by atoms with Gasteiger partial charge in [-0.1, -0.05) is 12.1 Å². The van der Waals surface area contributed by atoms with Gasteiger partial charge in [-0.3, -0.25) is 14.7 Å². The van der Waals surface area contributed by atoms with E-state index in [0.717, 1.165) is 0 Å². The van der Waals surface area contributed by atoms with E-state index in [2.05, 4.69) is 15.5 Å². The lowest BCUT2D eigenvalue weighted by Crippen LogP contribution is -2.12. The van der Waals surface area contributed by atoms with Gasteiger partial charge in [-0.2, -0.15) is 5.10 Å². The summed E-state index contributed by atoms with van der Waals surface area (Å²) in [7, 11) is 0. The Morgan fingerprint density at radius 1 is 1.30 bits per heavy atom. The Morgan fingerprint density at radius 2 is 2.13 bits per heavy atom. The van der Waals surface area contributed by atoms with Crippen LogP contribution in [0.25, 0.3) is 11.1 Å². The summed E-state index contributed by atoms with van der Waals surface area (Å²) in [6.45, 7) is 1.45. The van der Waals surface area contributed by atoms with Crippen LogP contribution >= 0.6 is 11.3 Å². The molecule has 0 fully saturated rings. The number of benzene rings is 1. The Bertz CT molecular complexity index is 885. The Morgan fingerprint density at radius 3 is 2.83 bits per heavy atom. The van der Waals surface area contributed by atoms with E-state index in [1.807, 2.05) is 0 Å². The molecule has 1 amide bonds. The normalized spacial score (nSPS) is 10.5. The average molecular weight is 329 g/mol. The summed E-state index contributed by atoms with van der Waals surface area (Å²) in [5, 5.41) is 10.9. The molecule has 5 nitrogen and oxygen atoms in total. The van der Waals surface area contributed by atoms with Gasteiger partial charge in [0.2, 0.25) is 0 Å². The molecule has 0 bridgehead atoms. The van der Waals surface area contributed by atoms with Crippen LogP contribution in [0.15, 0.2) is 41.9 Å². The van der Waals surface area contributed by atoms with Crippen LogP contribution in [0.2, 0.25) is 0 Å². The highest BCUT2D eigenvalue weighted by Gasteiger charge is 2.15. The number of amides is 1. The number of hydrogen-bond donors (Lipinski definition) is 2. The molecule has 0 atom stereocenters. The smallest absolute Gasteiger partial charge is 0.257 e. The fourth-order valence-corrected chi connectivity index (χ4v) is 2.87. The number of anilines is 1. The number of hydrogen-bond acceptors (Lipinski definition) is 4. The Hall–Kier alpha value is -2.80. The monoisotopic (exact) mass is 329 g/mol. The number of ketones is 1. The fraction of sp³-hybridized carbons (Fsp3) is 0.0625. The molecule has 0 radical (unpaired) electrons. The van der Waals surface area contributed by atoms with Gasteiger partial charge in [0.05, 0.1) is 16.6 Å². The quantitative estimate of drug-likeness (QED) is 0.716. The number of aromatic amines is 1. The second-order valence-electron chi connectivity index (χ2n) is 4.88. The molecule has 7 heteroatoms. The first-order valence-corrected chi connectivity index (χ1v) is 7.62. The minimum atomic E-state index is -0.370. The number of aromatic nitrogens is 2. The molecule has 2 N–H and O–H groups in total. The standard InChI is InChI=1S/C16H12FN3O2S/c1-9(21)14-6-11(8-23-14)16(22)19-15-13(7-18-20-15)10-3-2-4-12(17)5-10/h2-8H,1H3,(H2,18,19,20,22). The Balaban J connectivity index is 1.85. The lowest BCUT2D eigenvalue weighted by molar-refractivity contribution is 0.102. The zero-order chi connectivity index (χ0) is 16.4. The molecule has 2 heterocycles. The minimum absolute atomic E-state index is 0.0870. The summed E-state index contributed by atoms with van der Waals surface area (Å²) in [5.74, 6) is -0.451. The maximum atomic E-state index is 13.3. The molecule has 0 aliphatic heterocycles. The topological polar surface area (TPSA) is 74.8 Å². The van der Waals surface area contributed by atoms with Crippen molar-refractivity contribution >= 4 is 28.8 Å². The zero-order valence-corrected chi connectivity index (χ0v) is 12.9. The van der Waals surface area contributed by atoms with Crippen molar-refractivity contribution in [2.45, 2.75) is 6.92 Å². The molecule has 1 aromatic carbocycles. The highest BCUT2D eigenvalue weighted by atomic mass is 32.1. The molecule has 3 rings (SSSR count). The maximum absolute atomic E-state index is 13.3. The van der Waals surface area contributed by atoms with Gasteiger partial charge in [-0.15, -0.1) is 11.3 Å². The second-order valence-corrected chi connectivity index (χ2v) is 5.79. The van der Waals surface area contributed by atoms with Crippen LogP contribution in [0.3, 0.4) is 0 Å². The van der Waals surface area contributed by atoms with E-state index in [9.17, 15) is 14.0 Å². The average Bonchev–Trinajstić information content (AvgIpc) is 3.16. The third-order valence-electron chi connectivity index (χ3n) is 3.22. The second kappa shape index (κ2) is 6.13. The van der Waals surface area contributed by atoms with Gasteiger partial charge in [-0.25, -0.2) is 4.39 Å². The molecule has 3 aromatic rings. The van der Waals surface area contributed by atoms with Crippen molar-refractivity contribution in [3.05, 3.63) is 58.2 Å². The zero-order valence-electron chi connectivity index (χ0n) is 12.1. The first-order chi connectivity index (χ1) is 11.0. The molecule has 0 unspecified atom stereocenters. The number of nitrogens with zero attached hydrogens (tertiary/aromatic N) is 1. The first-order valence-electron chi connectivity index (χ1n) is 6.74. The van der Waals surface area contributed by atoms with Crippen molar-refractivity contribution in [3.63, 3.8) is 0 Å². The number of carbonyl (C=O) groups is 2. The highest BCUT2D eigenvalue weighted by molar-refractivity contribution is 7.12. The van der Waals surface area contributed by atoms with Gasteiger partial charge in [0.1, 0.15) is 11.6 Å². The van der Waals surface area contributed by atoms with E-state index in [1.165, 1.54) is 36.6 Å². The molecule has 0 saturated carbocycles. The van der Waals surface area contributed by atoms with Gasteiger partial charge >= 0.3 is 0 Å². The fourth-order valence-electron chi connectivity index (χ4n) is 2.08. The van der Waals surface area contributed by atoms with Crippen molar-refractivity contribution in [3.8, 4) is 11.1 Å². The molecule has 0 aliphatic carbocycles. The molecule has 0 spiro atoms. The number of rotatable bonds is 4. The molecular weight excluding hydrogens is 317 g/mol. The van der Waals surface area contributed by atoms with Crippen molar-refractivity contribution in [1.82, 2.24) is 10.2 Å². The van der Waals surface area contributed by atoms with E-state index in [-0.39, 0.29) is 17.5 Å². The van der Waals surface area contributed by atoms with Gasteiger partial charge in [0.25, 0.3) is 5.91 Å². The minimum Gasteiger partial charge on any atom is -0.306 e. The van der Waals surface area contributed by atoms with Gasteiger partial charge in [-0.05, 0) is 30.7 Å². The largest absolute Gasteiger partial charge is 0.306 e. The Kier molecular flexibility index (Phi) is 4.03. The number of thiophene rings is 1. The summed E-state index contributed by atoms with van der Waals surface area (Å²) in [6.07, 6.45) is 1.51. The number of halogens is 1. The molecule has 0 aliphatic rings. The number of nitrogens with one attached hydrogen (secondary N) is 2. The van der Waals surface area contributed by atoms with Crippen molar-refractivity contribution in [1.29, 1.82) is 0 Å². The molecule has 116 valence electrons. The lowest BCUT2D eigenvalue weighted by Gasteiger charge is -2.05. The lowest BCUT2D eigenvalue weighted by atomic mass is 10.1. The van der Waals surface area contributed by atoms with Crippen LogP contribution in [-0.2, 0) is 0 Å². The summed E-state index contributed by atoms with van der Waals surface area (Å²) < 4.78 is 13.3. The van der Waals surface area contributed by atoms with Crippen molar-refractivity contribution < 1.29 is 14.0 Å².